The highest BCUT2D eigenvalue weighted by molar-refractivity contribution is 4.97. The topological polar surface area (TPSA) is 43.1 Å². The summed E-state index contributed by atoms with van der Waals surface area (Å²) in [6, 6.07) is -0.490. The summed E-state index contributed by atoms with van der Waals surface area (Å²) in [5.74, 6) is 0. The average molecular weight is 141 g/mol. The molecule has 0 aliphatic heterocycles. The maximum Gasteiger partial charge on any atom is 0.213 e. The molecule has 0 fully saturated rings. The molecule has 3 nitrogen and oxygen atoms in total. The van der Waals surface area contributed by atoms with Crippen LogP contribution in [0.2, 0.25) is 0 Å². The summed E-state index contributed by atoms with van der Waals surface area (Å²) in [4.78, 5) is 9.74. The lowest BCUT2D eigenvalue weighted by Crippen LogP contribution is -2.13. The average Bonchev–Trinajstić information content (AvgIpc) is 1.88. The fourth-order valence-electron chi connectivity index (χ4n) is 0.458. The number of hydrogen-bond donors (Lipinski definition) is 0. The maximum atomic E-state index is 10.0. The molecule has 0 spiro atoms. The van der Waals surface area contributed by atoms with E-state index in [0.29, 0.717) is 6.42 Å². The van der Waals surface area contributed by atoms with Gasteiger partial charge in [0.2, 0.25) is 6.04 Å². The summed E-state index contributed by atoms with van der Waals surface area (Å²) in [7, 11) is 0. The molecule has 1 unspecified atom stereocenters. The smallest absolute Gasteiger partial charge is 0.213 e. The van der Waals surface area contributed by atoms with Crippen molar-refractivity contribution in [2.75, 3.05) is 0 Å². The molecule has 0 aromatic heterocycles. The van der Waals surface area contributed by atoms with Crippen molar-refractivity contribution in [3.63, 3.8) is 0 Å². The molecule has 0 rings (SSSR count). The maximum absolute atomic E-state index is 10.0. The molecule has 0 radical (unpaired) electrons. The minimum Gasteiger partial charge on any atom is -0.264 e. The first-order valence-electron chi connectivity index (χ1n) is 3.09. The zero-order chi connectivity index (χ0) is 7.98. The van der Waals surface area contributed by atoms with Crippen molar-refractivity contribution in [1.82, 2.24) is 0 Å². The largest absolute Gasteiger partial charge is 0.264 e. The van der Waals surface area contributed by atoms with Gasteiger partial charge in [-0.1, -0.05) is 24.8 Å². The first kappa shape index (κ1) is 8.88. The third kappa shape index (κ3) is 3.83. The van der Waals surface area contributed by atoms with E-state index in [1.807, 2.05) is 0 Å². The highest BCUT2D eigenvalue weighted by atomic mass is 16.6. The van der Waals surface area contributed by atoms with Gasteiger partial charge in [-0.3, -0.25) is 10.1 Å². The molecule has 0 N–H and O–H groups in total. The normalized spacial score (nSPS) is 13.3. The van der Waals surface area contributed by atoms with Crippen molar-refractivity contribution >= 4 is 0 Å². The third-order valence-electron chi connectivity index (χ3n) is 1.11. The number of nitrogens with zero attached hydrogens (tertiary/aromatic N) is 1. The predicted molar refractivity (Wildman–Crippen MR) is 40.4 cm³/mol. The van der Waals surface area contributed by atoms with Crippen LogP contribution in [-0.4, -0.2) is 11.0 Å². The number of hydrogen-bond acceptors (Lipinski definition) is 2. The van der Waals surface area contributed by atoms with E-state index in [9.17, 15) is 10.1 Å². The van der Waals surface area contributed by atoms with Crippen molar-refractivity contribution in [2.24, 2.45) is 0 Å². The molecule has 1 atom stereocenters. The second-order valence-corrected chi connectivity index (χ2v) is 2.03. The first-order valence-corrected chi connectivity index (χ1v) is 3.09. The fourth-order valence-corrected chi connectivity index (χ4v) is 0.458. The van der Waals surface area contributed by atoms with Gasteiger partial charge >= 0.3 is 0 Å². The van der Waals surface area contributed by atoms with E-state index >= 15 is 0 Å². The molecule has 0 aromatic rings. The molecule has 0 aromatic carbocycles. The van der Waals surface area contributed by atoms with Gasteiger partial charge in [-0.05, 0) is 0 Å². The standard InChI is InChI=1S/C7H11NO2/c1-3-4-5-6-7(2)8(9)10/h3-5,7H,1,6H2,2H3/b5-4-. The Balaban J connectivity index is 3.58. The second-order valence-electron chi connectivity index (χ2n) is 2.03. The van der Waals surface area contributed by atoms with Gasteiger partial charge in [-0.2, -0.15) is 0 Å². The van der Waals surface area contributed by atoms with E-state index in [-0.39, 0.29) is 4.92 Å². The van der Waals surface area contributed by atoms with Crippen molar-refractivity contribution in [3.05, 3.63) is 34.9 Å². The van der Waals surface area contributed by atoms with E-state index in [2.05, 4.69) is 6.58 Å². The Morgan fingerprint density at radius 2 is 2.40 bits per heavy atom. The molecular formula is C7H11NO2. The molecule has 0 saturated heterocycles. The van der Waals surface area contributed by atoms with Crippen LogP contribution in [0.15, 0.2) is 24.8 Å². The summed E-state index contributed by atoms with van der Waals surface area (Å²) in [5.41, 5.74) is 0. The molecular weight excluding hydrogens is 130 g/mol. The number of rotatable bonds is 4. The SMILES string of the molecule is C=C/C=C\CC(C)[N+](=O)[O-]. The molecule has 0 bridgehead atoms. The molecule has 10 heavy (non-hydrogen) atoms. The van der Waals surface area contributed by atoms with Gasteiger partial charge in [0.05, 0.1) is 0 Å². The summed E-state index contributed by atoms with van der Waals surface area (Å²) in [5, 5.41) is 10.0. The molecule has 3 heteroatoms. The Morgan fingerprint density at radius 3 is 2.80 bits per heavy atom. The lowest BCUT2D eigenvalue weighted by molar-refractivity contribution is -0.517. The number of allylic oxidation sites excluding steroid dienone is 2. The van der Waals surface area contributed by atoms with Gasteiger partial charge in [0, 0.05) is 18.3 Å². The van der Waals surface area contributed by atoms with E-state index in [4.69, 9.17) is 0 Å². The van der Waals surface area contributed by atoms with Crippen LogP contribution in [0, 0.1) is 10.1 Å². The van der Waals surface area contributed by atoms with Gasteiger partial charge in [-0.15, -0.1) is 0 Å². The van der Waals surface area contributed by atoms with Crippen molar-refractivity contribution in [2.45, 2.75) is 19.4 Å². The van der Waals surface area contributed by atoms with E-state index in [1.54, 1.807) is 25.2 Å². The Hall–Kier alpha value is -1.12. The summed E-state index contributed by atoms with van der Waals surface area (Å²) >= 11 is 0. The minimum atomic E-state index is -0.490. The molecule has 0 amide bonds. The van der Waals surface area contributed by atoms with Crippen LogP contribution in [0.1, 0.15) is 13.3 Å². The second kappa shape index (κ2) is 4.73. The molecule has 0 aliphatic rings. The van der Waals surface area contributed by atoms with Crippen LogP contribution < -0.4 is 0 Å². The zero-order valence-electron chi connectivity index (χ0n) is 5.99. The van der Waals surface area contributed by atoms with E-state index < -0.39 is 6.04 Å². The first-order chi connectivity index (χ1) is 4.68. The third-order valence-corrected chi connectivity index (χ3v) is 1.11. The monoisotopic (exact) mass is 141 g/mol. The summed E-state index contributed by atoms with van der Waals surface area (Å²) in [6.45, 7) is 5.02. The molecule has 0 saturated carbocycles. The summed E-state index contributed by atoms with van der Waals surface area (Å²) in [6.07, 6.45) is 5.52. The lowest BCUT2D eigenvalue weighted by atomic mass is 10.2. The Morgan fingerprint density at radius 1 is 1.80 bits per heavy atom. The predicted octanol–water partition coefficient (Wildman–Crippen LogP) is 1.78. The van der Waals surface area contributed by atoms with Gasteiger partial charge in [0.1, 0.15) is 0 Å². The Kier molecular flexibility index (Phi) is 4.20. The van der Waals surface area contributed by atoms with Gasteiger partial charge in [-0.25, -0.2) is 0 Å². The van der Waals surface area contributed by atoms with Crippen molar-refractivity contribution in [3.8, 4) is 0 Å². The van der Waals surface area contributed by atoms with Crippen molar-refractivity contribution < 1.29 is 4.92 Å². The fraction of sp³-hybridized carbons (Fsp3) is 0.429. The zero-order valence-corrected chi connectivity index (χ0v) is 5.99. The number of nitro groups is 1. The molecule has 0 aliphatic carbocycles. The molecule has 0 heterocycles. The Labute approximate surface area is 60.2 Å². The van der Waals surface area contributed by atoms with Crippen LogP contribution in [0.4, 0.5) is 0 Å². The van der Waals surface area contributed by atoms with Crippen LogP contribution in [0.5, 0.6) is 0 Å². The van der Waals surface area contributed by atoms with Gasteiger partial charge < -0.3 is 0 Å². The minimum absolute atomic E-state index is 0.298. The highest BCUT2D eigenvalue weighted by Crippen LogP contribution is 1.95. The van der Waals surface area contributed by atoms with Crippen LogP contribution in [0.3, 0.4) is 0 Å². The van der Waals surface area contributed by atoms with Crippen LogP contribution in [0.25, 0.3) is 0 Å². The van der Waals surface area contributed by atoms with Gasteiger partial charge in [0.25, 0.3) is 0 Å². The summed E-state index contributed by atoms with van der Waals surface area (Å²) < 4.78 is 0. The van der Waals surface area contributed by atoms with Crippen LogP contribution >= 0.6 is 0 Å². The quantitative estimate of drug-likeness (QED) is 0.340. The Bertz CT molecular complexity index is 152. The molecule has 56 valence electrons. The van der Waals surface area contributed by atoms with E-state index in [1.165, 1.54) is 0 Å². The highest BCUT2D eigenvalue weighted by Gasteiger charge is 2.08. The lowest BCUT2D eigenvalue weighted by Gasteiger charge is -1.96. The van der Waals surface area contributed by atoms with Gasteiger partial charge in [0.15, 0.2) is 0 Å². The van der Waals surface area contributed by atoms with E-state index in [0.717, 1.165) is 0 Å². The van der Waals surface area contributed by atoms with Crippen LogP contribution in [-0.2, 0) is 0 Å². The van der Waals surface area contributed by atoms with Crippen molar-refractivity contribution in [1.29, 1.82) is 0 Å².